The van der Waals surface area contributed by atoms with Crippen LogP contribution in [0.4, 0.5) is 0 Å². The second-order valence-corrected chi connectivity index (χ2v) is 6.65. The van der Waals surface area contributed by atoms with E-state index in [1.165, 1.54) is 8.61 Å². The molecule has 0 aromatic heterocycles. The molecule has 0 saturated carbocycles. The summed E-state index contributed by atoms with van der Waals surface area (Å²) in [5.74, 6) is -1.00. The van der Waals surface area contributed by atoms with Crippen LogP contribution in [-0.2, 0) is 19.7 Å². The summed E-state index contributed by atoms with van der Waals surface area (Å²) in [7, 11) is -3.61. The Labute approximate surface area is 114 Å². The topological polar surface area (TPSA) is 87.2 Å². The Morgan fingerprint density at radius 1 is 1.37 bits per heavy atom. The van der Waals surface area contributed by atoms with E-state index in [1.54, 1.807) is 6.92 Å². The smallest absolute Gasteiger partial charge is 0.304 e. The normalized spacial score (nSPS) is 25.7. The molecule has 0 aromatic rings. The molecule has 0 spiro atoms. The predicted octanol–water partition coefficient (Wildman–Crippen LogP) is 0.137. The first-order chi connectivity index (χ1) is 8.77. The van der Waals surface area contributed by atoms with Crippen molar-refractivity contribution < 1.29 is 23.1 Å². The zero-order valence-electron chi connectivity index (χ0n) is 11.6. The van der Waals surface area contributed by atoms with Crippen molar-refractivity contribution in [2.45, 2.75) is 39.4 Å². The highest BCUT2D eigenvalue weighted by molar-refractivity contribution is 7.86. The molecular formula is C11H22N2O5S. The minimum atomic E-state index is -3.61. The van der Waals surface area contributed by atoms with E-state index in [1.807, 2.05) is 13.8 Å². The lowest BCUT2D eigenvalue weighted by Crippen LogP contribution is -2.53. The molecule has 1 aliphatic rings. The molecule has 0 bridgehead atoms. The maximum absolute atomic E-state index is 12.4. The maximum atomic E-state index is 12.4. The summed E-state index contributed by atoms with van der Waals surface area (Å²) in [6.07, 6.45) is -0.504. The van der Waals surface area contributed by atoms with Crippen molar-refractivity contribution in [1.29, 1.82) is 0 Å². The Kier molecular flexibility index (Phi) is 5.72. The van der Waals surface area contributed by atoms with Crippen molar-refractivity contribution in [1.82, 2.24) is 8.61 Å². The third kappa shape index (κ3) is 4.41. The molecule has 0 amide bonds. The summed E-state index contributed by atoms with van der Waals surface area (Å²) in [6.45, 7) is 6.21. The van der Waals surface area contributed by atoms with Gasteiger partial charge in [0.25, 0.3) is 10.2 Å². The van der Waals surface area contributed by atoms with Crippen LogP contribution >= 0.6 is 0 Å². The first kappa shape index (κ1) is 16.4. The molecule has 1 rings (SSSR count). The average Bonchev–Trinajstić information content (AvgIpc) is 2.27. The van der Waals surface area contributed by atoms with Gasteiger partial charge in [0.2, 0.25) is 0 Å². The number of carbonyl (C=O) groups is 1. The van der Waals surface area contributed by atoms with Gasteiger partial charge in [-0.3, -0.25) is 4.79 Å². The van der Waals surface area contributed by atoms with Gasteiger partial charge in [-0.15, -0.1) is 0 Å². The first-order valence-electron chi connectivity index (χ1n) is 6.39. The monoisotopic (exact) mass is 294 g/mol. The van der Waals surface area contributed by atoms with Crippen LogP contribution in [0.3, 0.4) is 0 Å². The minimum absolute atomic E-state index is 0.00567. The molecule has 2 unspecified atom stereocenters. The molecule has 1 aliphatic heterocycles. The molecule has 8 heteroatoms. The third-order valence-electron chi connectivity index (χ3n) is 2.97. The molecule has 0 aliphatic carbocycles. The fourth-order valence-electron chi connectivity index (χ4n) is 2.14. The van der Waals surface area contributed by atoms with Crippen LogP contribution in [0.1, 0.15) is 27.2 Å². The second kappa shape index (κ2) is 6.65. The van der Waals surface area contributed by atoms with E-state index in [9.17, 15) is 13.2 Å². The van der Waals surface area contributed by atoms with E-state index >= 15 is 0 Å². The molecule has 19 heavy (non-hydrogen) atoms. The van der Waals surface area contributed by atoms with Crippen LogP contribution in [0.5, 0.6) is 0 Å². The Hall–Kier alpha value is -0.700. The Bertz CT molecular complexity index is 401. The summed E-state index contributed by atoms with van der Waals surface area (Å²) < 4.78 is 32.9. The van der Waals surface area contributed by atoms with Gasteiger partial charge in [0.15, 0.2) is 0 Å². The molecule has 2 atom stereocenters. The van der Waals surface area contributed by atoms with E-state index in [4.69, 9.17) is 9.84 Å². The lowest BCUT2D eigenvalue weighted by atomic mass is 10.3. The SMILES string of the molecule is CCN(CCC(=O)O)S(=O)(=O)N1CC(C)OC(C)C1. The number of nitrogens with zero attached hydrogens (tertiary/aromatic N) is 2. The van der Waals surface area contributed by atoms with Gasteiger partial charge in [-0.05, 0) is 13.8 Å². The molecule has 1 heterocycles. The fraction of sp³-hybridized carbons (Fsp3) is 0.909. The van der Waals surface area contributed by atoms with Gasteiger partial charge in [-0.1, -0.05) is 6.92 Å². The summed E-state index contributed by atoms with van der Waals surface area (Å²) >= 11 is 0. The number of ether oxygens (including phenoxy) is 1. The number of hydrogen-bond donors (Lipinski definition) is 1. The zero-order valence-corrected chi connectivity index (χ0v) is 12.4. The van der Waals surface area contributed by atoms with E-state index in [2.05, 4.69) is 0 Å². The molecule has 112 valence electrons. The van der Waals surface area contributed by atoms with Crippen LogP contribution in [0.15, 0.2) is 0 Å². The number of aliphatic carboxylic acids is 1. The molecule has 1 saturated heterocycles. The molecule has 0 aromatic carbocycles. The number of carboxylic acid groups (broad SMARTS) is 1. The Morgan fingerprint density at radius 3 is 2.32 bits per heavy atom. The van der Waals surface area contributed by atoms with Gasteiger partial charge in [0.1, 0.15) is 0 Å². The van der Waals surface area contributed by atoms with Crippen molar-refractivity contribution in [3.63, 3.8) is 0 Å². The molecule has 1 fully saturated rings. The average molecular weight is 294 g/mol. The Balaban J connectivity index is 2.78. The van der Waals surface area contributed by atoms with Crippen molar-refractivity contribution >= 4 is 16.2 Å². The molecule has 0 radical (unpaired) electrons. The standard InChI is InChI=1S/C11H22N2O5S/c1-4-12(6-5-11(14)15)19(16,17)13-7-9(2)18-10(3)8-13/h9-10H,4-8H2,1-3H3,(H,14,15). The first-order valence-corrected chi connectivity index (χ1v) is 7.79. The molecule has 1 N–H and O–H groups in total. The Morgan fingerprint density at radius 2 is 1.89 bits per heavy atom. The summed E-state index contributed by atoms with van der Waals surface area (Å²) in [6, 6.07) is 0. The third-order valence-corrected chi connectivity index (χ3v) is 5.01. The lowest BCUT2D eigenvalue weighted by molar-refractivity contribution is -0.137. The number of morpholine rings is 1. The quantitative estimate of drug-likeness (QED) is 0.753. The van der Waals surface area contributed by atoms with Crippen LogP contribution in [0.2, 0.25) is 0 Å². The fourth-order valence-corrected chi connectivity index (χ4v) is 3.91. The van der Waals surface area contributed by atoms with E-state index in [0.29, 0.717) is 13.1 Å². The van der Waals surface area contributed by atoms with Gasteiger partial charge in [0.05, 0.1) is 18.6 Å². The van der Waals surface area contributed by atoms with E-state index in [-0.39, 0.29) is 31.7 Å². The minimum Gasteiger partial charge on any atom is -0.481 e. The van der Waals surface area contributed by atoms with Gasteiger partial charge in [-0.25, -0.2) is 0 Å². The lowest BCUT2D eigenvalue weighted by Gasteiger charge is -2.37. The van der Waals surface area contributed by atoms with Crippen LogP contribution in [0.25, 0.3) is 0 Å². The number of hydrogen-bond acceptors (Lipinski definition) is 4. The molecular weight excluding hydrogens is 272 g/mol. The van der Waals surface area contributed by atoms with Crippen LogP contribution in [-0.4, -0.2) is 66.5 Å². The van der Waals surface area contributed by atoms with Gasteiger partial charge in [0, 0.05) is 26.2 Å². The maximum Gasteiger partial charge on any atom is 0.304 e. The van der Waals surface area contributed by atoms with Gasteiger partial charge in [-0.2, -0.15) is 17.0 Å². The number of rotatable bonds is 6. The van der Waals surface area contributed by atoms with E-state index in [0.717, 1.165) is 0 Å². The van der Waals surface area contributed by atoms with Crippen LogP contribution in [0, 0.1) is 0 Å². The molecule has 7 nitrogen and oxygen atoms in total. The largest absolute Gasteiger partial charge is 0.481 e. The predicted molar refractivity (Wildman–Crippen MR) is 70.0 cm³/mol. The number of carboxylic acids is 1. The van der Waals surface area contributed by atoms with Crippen molar-refractivity contribution in [3.05, 3.63) is 0 Å². The highest BCUT2D eigenvalue weighted by atomic mass is 32.2. The zero-order chi connectivity index (χ0) is 14.6. The van der Waals surface area contributed by atoms with E-state index < -0.39 is 16.2 Å². The summed E-state index contributed by atoms with van der Waals surface area (Å²) in [4.78, 5) is 10.6. The highest BCUT2D eigenvalue weighted by Crippen LogP contribution is 2.17. The summed E-state index contributed by atoms with van der Waals surface area (Å²) in [5, 5.41) is 8.66. The van der Waals surface area contributed by atoms with Crippen molar-refractivity contribution in [2.75, 3.05) is 26.2 Å². The van der Waals surface area contributed by atoms with Gasteiger partial charge >= 0.3 is 5.97 Å². The van der Waals surface area contributed by atoms with Crippen molar-refractivity contribution in [2.24, 2.45) is 0 Å². The van der Waals surface area contributed by atoms with Crippen LogP contribution < -0.4 is 0 Å². The summed E-state index contributed by atoms with van der Waals surface area (Å²) in [5.41, 5.74) is 0. The second-order valence-electron chi connectivity index (χ2n) is 4.72. The highest BCUT2D eigenvalue weighted by Gasteiger charge is 2.34. The van der Waals surface area contributed by atoms with Gasteiger partial charge < -0.3 is 9.84 Å². The van der Waals surface area contributed by atoms with Crippen molar-refractivity contribution in [3.8, 4) is 0 Å².